The van der Waals surface area contributed by atoms with Crippen LogP contribution in [0.5, 0.6) is 0 Å². The van der Waals surface area contributed by atoms with Gasteiger partial charge in [0.15, 0.2) is 5.82 Å². The fourth-order valence-corrected chi connectivity index (χ4v) is 5.15. The first-order valence-corrected chi connectivity index (χ1v) is 10.9. The molecular formula is C23H24ClN5O2. The van der Waals surface area contributed by atoms with Gasteiger partial charge in [-0.25, -0.2) is 4.79 Å². The maximum atomic E-state index is 11.7. The molecule has 1 fully saturated rings. The number of alkyl halides is 1. The van der Waals surface area contributed by atoms with Crippen molar-refractivity contribution in [2.24, 2.45) is 0 Å². The summed E-state index contributed by atoms with van der Waals surface area (Å²) in [6.07, 6.45) is 4.33. The Labute approximate surface area is 185 Å². The molecule has 1 N–H and O–H groups in total. The van der Waals surface area contributed by atoms with E-state index in [2.05, 4.69) is 34.5 Å². The van der Waals surface area contributed by atoms with E-state index in [-0.39, 0.29) is 6.54 Å². The number of hydrogen-bond donors (Lipinski definition) is 1. The molecule has 1 amide bonds. The number of rotatable bonds is 2. The van der Waals surface area contributed by atoms with Gasteiger partial charge in [-0.05, 0) is 61.9 Å². The second-order valence-electron chi connectivity index (χ2n) is 8.54. The first-order valence-electron chi connectivity index (χ1n) is 10.6. The van der Waals surface area contributed by atoms with Crippen LogP contribution in [0.4, 0.5) is 4.79 Å². The van der Waals surface area contributed by atoms with Crippen LogP contribution in [0.1, 0.15) is 59.9 Å². The quantitative estimate of drug-likeness (QED) is 0.584. The average molecular weight is 438 g/mol. The molecule has 0 bridgehead atoms. The number of carboxylic acid groups (broad SMARTS) is 1. The Morgan fingerprint density at radius 1 is 1.19 bits per heavy atom. The summed E-state index contributed by atoms with van der Waals surface area (Å²) in [5.41, 5.74) is 5.07. The highest BCUT2D eigenvalue weighted by Gasteiger charge is 2.37. The van der Waals surface area contributed by atoms with Gasteiger partial charge in [0.25, 0.3) is 0 Å². The van der Waals surface area contributed by atoms with Gasteiger partial charge in [-0.2, -0.15) is 0 Å². The van der Waals surface area contributed by atoms with Gasteiger partial charge in [0.05, 0.1) is 23.7 Å². The van der Waals surface area contributed by atoms with Crippen LogP contribution in [0.2, 0.25) is 0 Å². The maximum Gasteiger partial charge on any atom is 0.408 e. The van der Waals surface area contributed by atoms with Gasteiger partial charge >= 0.3 is 6.09 Å². The van der Waals surface area contributed by atoms with Crippen LogP contribution in [0.15, 0.2) is 42.7 Å². The Bertz CT molecular complexity index is 1140. The molecule has 0 spiro atoms. The van der Waals surface area contributed by atoms with Gasteiger partial charge in [0, 0.05) is 17.3 Å². The van der Waals surface area contributed by atoms with Crippen molar-refractivity contribution in [3.8, 4) is 5.69 Å². The van der Waals surface area contributed by atoms with Crippen molar-refractivity contribution < 1.29 is 9.90 Å². The fourth-order valence-electron chi connectivity index (χ4n) is 4.81. The predicted molar refractivity (Wildman–Crippen MR) is 116 cm³/mol. The van der Waals surface area contributed by atoms with Crippen LogP contribution in [-0.2, 0) is 18.0 Å². The van der Waals surface area contributed by atoms with E-state index in [0.717, 1.165) is 53.9 Å². The second-order valence-corrected chi connectivity index (χ2v) is 9.27. The summed E-state index contributed by atoms with van der Waals surface area (Å²) in [7, 11) is 0. The van der Waals surface area contributed by atoms with Gasteiger partial charge < -0.3 is 5.11 Å². The minimum Gasteiger partial charge on any atom is -0.465 e. The molecule has 3 heterocycles. The first-order chi connectivity index (χ1) is 14.9. The molecule has 1 aliphatic carbocycles. The van der Waals surface area contributed by atoms with Crippen molar-refractivity contribution in [1.82, 2.24) is 24.6 Å². The number of amides is 1. The highest BCUT2D eigenvalue weighted by molar-refractivity contribution is 6.24. The Morgan fingerprint density at radius 2 is 2.00 bits per heavy atom. The van der Waals surface area contributed by atoms with Crippen LogP contribution in [-0.4, -0.2) is 35.8 Å². The number of nitrogens with zero attached hydrogens (tertiary/aromatic N) is 5. The van der Waals surface area contributed by atoms with Crippen LogP contribution in [0, 0.1) is 6.92 Å². The number of aromatic nitrogens is 4. The summed E-state index contributed by atoms with van der Waals surface area (Å²) < 4.78 is 1.86. The molecule has 8 heteroatoms. The van der Waals surface area contributed by atoms with E-state index < -0.39 is 11.0 Å². The fraction of sp³-hybridized carbons (Fsp3) is 0.391. The van der Waals surface area contributed by atoms with E-state index in [4.69, 9.17) is 16.6 Å². The lowest BCUT2D eigenvalue weighted by molar-refractivity contribution is 0.138. The highest BCUT2D eigenvalue weighted by atomic mass is 35.5. The lowest BCUT2D eigenvalue weighted by Gasteiger charge is -2.36. The van der Waals surface area contributed by atoms with Crippen LogP contribution >= 0.6 is 11.6 Å². The average Bonchev–Trinajstić information content (AvgIpc) is 3.15. The summed E-state index contributed by atoms with van der Waals surface area (Å²) in [4.78, 5) is 17.3. The lowest BCUT2D eigenvalue weighted by atomic mass is 9.76. The standard InChI is InChI=1S/C23H24ClN5O2/c1-15-3-2-4-19(26-15)16-7-9-23(24,10-8-16)18-5-6-20-17(11-18)12-28(22(30)31)13-21-27-25-14-29(20)21/h2-6,11,14,16H,7-10,12-13H2,1H3,(H,30,31). The molecule has 0 saturated heterocycles. The molecule has 5 rings (SSSR count). The number of aryl methyl sites for hydroxylation is 1. The first kappa shape index (κ1) is 20.0. The molecule has 0 radical (unpaired) electrons. The molecule has 160 valence electrons. The minimum absolute atomic E-state index is 0.205. The van der Waals surface area contributed by atoms with E-state index in [1.807, 2.05) is 23.6 Å². The summed E-state index contributed by atoms with van der Waals surface area (Å²) in [5, 5.41) is 17.7. The second kappa shape index (κ2) is 7.64. The van der Waals surface area contributed by atoms with E-state index in [9.17, 15) is 9.90 Å². The summed E-state index contributed by atoms with van der Waals surface area (Å²) >= 11 is 7.16. The molecule has 1 aliphatic heterocycles. The number of pyridine rings is 1. The van der Waals surface area contributed by atoms with E-state index >= 15 is 0 Å². The largest absolute Gasteiger partial charge is 0.465 e. The Kier molecular flexibility index (Phi) is 4.93. The smallest absolute Gasteiger partial charge is 0.408 e. The van der Waals surface area contributed by atoms with Gasteiger partial charge in [-0.3, -0.25) is 14.5 Å². The van der Waals surface area contributed by atoms with Crippen molar-refractivity contribution in [2.75, 3.05) is 0 Å². The molecule has 3 aromatic rings. The number of benzene rings is 1. The van der Waals surface area contributed by atoms with Gasteiger partial charge in [0.1, 0.15) is 6.33 Å². The molecular weight excluding hydrogens is 414 g/mol. The molecule has 1 saturated carbocycles. The third-order valence-electron chi connectivity index (χ3n) is 6.55. The number of halogens is 1. The number of fused-ring (bicyclic) bond motifs is 3. The molecule has 0 atom stereocenters. The van der Waals surface area contributed by atoms with Crippen LogP contribution < -0.4 is 0 Å². The highest BCUT2D eigenvalue weighted by Crippen LogP contribution is 2.48. The third kappa shape index (κ3) is 3.67. The normalized spacial score (nSPS) is 23.0. The number of hydrogen-bond acceptors (Lipinski definition) is 4. The summed E-state index contributed by atoms with van der Waals surface area (Å²) in [5.74, 6) is 1.04. The van der Waals surface area contributed by atoms with E-state index in [1.165, 1.54) is 4.90 Å². The Morgan fingerprint density at radius 3 is 2.74 bits per heavy atom. The van der Waals surface area contributed by atoms with Crippen molar-refractivity contribution in [2.45, 2.75) is 56.5 Å². The minimum atomic E-state index is -0.973. The lowest BCUT2D eigenvalue weighted by Crippen LogP contribution is -2.28. The van der Waals surface area contributed by atoms with Gasteiger partial charge in [-0.1, -0.05) is 18.2 Å². The van der Waals surface area contributed by atoms with Crippen molar-refractivity contribution in [3.05, 3.63) is 71.1 Å². The molecule has 31 heavy (non-hydrogen) atoms. The van der Waals surface area contributed by atoms with Crippen LogP contribution in [0.25, 0.3) is 5.69 Å². The van der Waals surface area contributed by atoms with Crippen molar-refractivity contribution >= 4 is 17.7 Å². The van der Waals surface area contributed by atoms with Gasteiger partial charge in [-0.15, -0.1) is 21.8 Å². The molecule has 1 aromatic carbocycles. The van der Waals surface area contributed by atoms with Gasteiger partial charge in [0.2, 0.25) is 0 Å². The van der Waals surface area contributed by atoms with Crippen molar-refractivity contribution in [3.63, 3.8) is 0 Å². The molecule has 2 aromatic heterocycles. The van der Waals surface area contributed by atoms with Crippen molar-refractivity contribution in [1.29, 1.82) is 0 Å². The van der Waals surface area contributed by atoms with E-state index in [0.29, 0.717) is 18.3 Å². The topological polar surface area (TPSA) is 84.1 Å². The number of carbonyl (C=O) groups is 1. The summed E-state index contributed by atoms with van der Waals surface area (Å²) in [6, 6.07) is 12.4. The Hall–Kier alpha value is -2.93. The SMILES string of the molecule is Cc1cccc(C2CCC(Cl)(c3ccc4c(c3)CN(C(=O)O)Cc3nncn3-4)CC2)n1. The maximum absolute atomic E-state index is 11.7. The van der Waals surface area contributed by atoms with Crippen LogP contribution in [0.3, 0.4) is 0 Å². The monoisotopic (exact) mass is 437 g/mol. The molecule has 7 nitrogen and oxygen atoms in total. The third-order valence-corrected chi connectivity index (χ3v) is 7.14. The predicted octanol–water partition coefficient (Wildman–Crippen LogP) is 4.76. The zero-order valence-corrected chi connectivity index (χ0v) is 18.1. The van der Waals surface area contributed by atoms with E-state index in [1.54, 1.807) is 6.33 Å². The zero-order chi connectivity index (χ0) is 21.6. The summed E-state index contributed by atoms with van der Waals surface area (Å²) in [6.45, 7) is 2.52. The molecule has 2 aliphatic rings. The molecule has 0 unspecified atom stereocenters. The zero-order valence-electron chi connectivity index (χ0n) is 17.3. The Balaban J connectivity index is 1.43.